The van der Waals surface area contributed by atoms with E-state index in [1.165, 1.54) is 39.1 Å². The monoisotopic (exact) mass is 1850 g/mol. The summed E-state index contributed by atoms with van der Waals surface area (Å²) in [4.78, 5) is 91.4. The van der Waals surface area contributed by atoms with Gasteiger partial charge in [0, 0.05) is 145 Å². The number of aliphatic hydroxyl groups is 1. The van der Waals surface area contributed by atoms with Gasteiger partial charge in [0.05, 0.1) is 38.0 Å². The number of aliphatic hydroxyl groups excluding tert-OH is 1. The Morgan fingerprint density at radius 2 is 0.914 bits per heavy atom. The van der Waals surface area contributed by atoms with Crippen molar-refractivity contribution in [3.63, 3.8) is 0 Å². The zero-order valence-corrected chi connectivity index (χ0v) is 73.1. The number of piperazine rings is 2. The predicted octanol–water partition coefficient (Wildman–Crippen LogP) is 18.0. The van der Waals surface area contributed by atoms with E-state index in [1.54, 1.807) is 106 Å². The first-order chi connectivity index (χ1) is 54.0. The van der Waals surface area contributed by atoms with Gasteiger partial charge in [0.1, 0.15) is 22.7 Å². The second-order valence-corrected chi connectivity index (χ2v) is 36.2. The largest absolute Gasteiger partial charge is 0.507 e. The molecular weight excluding hydrogens is 1780 g/mol. The molecular formula is C75H77Cl11N13O15PS. The summed E-state index contributed by atoms with van der Waals surface area (Å²) in [7, 11) is 0.276. The molecule has 2 aliphatic rings. The van der Waals surface area contributed by atoms with Gasteiger partial charge in [-0.1, -0.05) is 87.3 Å². The van der Waals surface area contributed by atoms with E-state index < -0.39 is 26.4 Å². The maximum Gasteiger partial charge on any atom is 0.339 e. The van der Waals surface area contributed by atoms with E-state index in [-0.39, 0.29) is 69.7 Å². The lowest BCUT2D eigenvalue weighted by molar-refractivity contribution is -0.116. The minimum absolute atomic E-state index is 0. The third kappa shape index (κ3) is 28.3. The van der Waals surface area contributed by atoms with Crippen LogP contribution in [0.5, 0.6) is 11.5 Å². The number of hydrogen-bond donors (Lipinski definition) is 9. The molecule has 10 heterocycles. The first-order valence-electron chi connectivity index (χ1n) is 34.2. The summed E-state index contributed by atoms with van der Waals surface area (Å²) in [6, 6.07) is 31.8. The molecule has 8 aromatic heterocycles. The summed E-state index contributed by atoms with van der Waals surface area (Å²) >= 11 is 54.0. The zero-order chi connectivity index (χ0) is 85.1. The van der Waals surface area contributed by atoms with Crippen molar-refractivity contribution in [2.24, 2.45) is 0 Å². The predicted molar refractivity (Wildman–Crippen MR) is 469 cm³/mol. The fourth-order valence-corrected chi connectivity index (χ4v) is 12.4. The average molecular weight is 1850 g/mol. The Kier molecular flexibility index (Phi) is 36.8. The van der Waals surface area contributed by atoms with E-state index in [1.807, 2.05) is 32.0 Å². The number of nitrogens with one attached hydrogen (secondary N) is 4. The standard InChI is InChI=1S/C16H17ClN4O.C12H10ClNO3.C11H6Cl2N2O.C11H7ClN2O2.C9H7ClN2O2.C7H8O3S.C5H12N2.C2H3ClO.C2H6O.Cl3OP.ClH/c1-10-18-14-15(22-10)12-9-11(17)3-4-13(12)19-16(14)21-7-5-20(2)6-8-21;1-6(15)4-9-11(16)8-5-7(13)2-3-10(8)14-12(9)17;1-5-14-9-10(16-5)7-4-6(12)2-3-8(7)15-11(9)13;1-5-13-9-10(16-5)7-4-6(12)2-3-8(7)14-11(9)15;10-4-1-2-6-5(3-4)8(13)7(11)9(14)12-6;1-6-2-4-7(5-3-6)11(8,9)10;1-7-4-2-6-3-5-7;1-2(3)4;1-2-3;1-5(2,3)4;/h3-4,9H,5-8H2,1-2H3;2-3,5H,4H2,1H3,(H2,14,16,17);2-4H,1H3;2-4H,1H3,(H,14,15);1-3H,11H2,(H2,12,13,14);2-5H,1H3,(H,8,9,10);6H,2-5H2,1H3;1H3;3H,2H2,1H3;;1H. The molecule has 41 heteroatoms. The molecule has 0 atom stereocenters. The number of pyridine rings is 5. The number of H-pyrrole nitrogens is 3. The van der Waals surface area contributed by atoms with Crippen LogP contribution in [0.4, 0.5) is 11.5 Å². The minimum Gasteiger partial charge on any atom is -0.507 e. The zero-order valence-electron chi connectivity index (χ0n) is 63.0. The van der Waals surface area contributed by atoms with E-state index in [0.29, 0.717) is 97.5 Å². The van der Waals surface area contributed by atoms with Crippen LogP contribution in [0.3, 0.4) is 0 Å². The lowest BCUT2D eigenvalue weighted by Gasteiger charge is -2.33. The van der Waals surface area contributed by atoms with Crippen molar-refractivity contribution < 1.29 is 55.7 Å². The summed E-state index contributed by atoms with van der Waals surface area (Å²) in [6.45, 7) is 20.5. The molecule has 2 aliphatic heterocycles. The number of aromatic hydroxyl groups is 2. The number of hydrogen-bond acceptors (Lipinski definition) is 24. The fraction of sp³-hybridized carbons (Fsp3) is 0.253. The van der Waals surface area contributed by atoms with Crippen molar-refractivity contribution in [3.05, 3.63) is 205 Å². The molecule has 0 bridgehead atoms. The highest BCUT2D eigenvalue weighted by atomic mass is 36.0. The molecule has 0 amide bonds. The van der Waals surface area contributed by atoms with Crippen LogP contribution in [0.1, 0.15) is 49.6 Å². The van der Waals surface area contributed by atoms with Crippen LogP contribution in [0, 0.1) is 27.7 Å². The number of anilines is 2. The number of nitrogens with zero attached hydrogens (tertiary/aromatic N) is 8. The number of rotatable bonds is 4. The van der Waals surface area contributed by atoms with Crippen LogP contribution in [0.25, 0.3) is 87.8 Å². The first-order valence-corrected chi connectivity index (χ1v) is 42.7. The second-order valence-electron chi connectivity index (χ2n) is 25.1. The van der Waals surface area contributed by atoms with Gasteiger partial charge < -0.3 is 69.3 Å². The molecule has 16 rings (SSSR count). The average Bonchev–Trinajstić information content (AvgIpc) is 1.54. The van der Waals surface area contributed by atoms with Gasteiger partial charge in [0.25, 0.3) is 26.8 Å². The molecule has 620 valence electrons. The number of nitrogen functional groups attached to an aromatic ring is 1. The van der Waals surface area contributed by atoms with Crippen molar-refractivity contribution in [1.29, 1.82) is 0 Å². The molecule has 0 spiro atoms. The van der Waals surface area contributed by atoms with E-state index in [9.17, 15) is 47.2 Å². The van der Waals surface area contributed by atoms with Gasteiger partial charge in [0.2, 0.25) is 5.24 Å². The SMILES string of the molecule is CC(=O)Cc1c(O)c2cc(Cl)ccc2[nH]c1=O.CC(=O)Cl.CCO.CN1CCNCC1.Cc1ccc(S(=O)(=O)O)cc1.Cc1nc2c(=O)[nH]c3ccc(Cl)cc3c2o1.Cc1nc2c(Cl)nc3ccc(Cl)cc3c2o1.Cc1nc2c(N3CCN(C)CC3)nc3ccc(Cl)cc3c2o1.Cl.Nc1c(O)c2cc(Cl)ccc2[nH]c1=O.O=P(Cl)(Cl)Cl. The molecule has 14 aromatic rings. The molecule has 2 fully saturated rings. The highest BCUT2D eigenvalue weighted by Crippen LogP contribution is 2.61. The number of fused-ring (bicyclic) bond motifs is 11. The maximum atomic E-state index is 11.7. The van der Waals surface area contributed by atoms with Crippen LogP contribution in [-0.2, 0) is 30.7 Å². The first kappa shape index (κ1) is 96.7. The molecule has 28 nitrogen and oxygen atoms in total. The third-order valence-electron chi connectivity index (χ3n) is 16.1. The Bertz CT molecular complexity index is 6170. The number of aromatic amines is 3. The van der Waals surface area contributed by atoms with Crippen LogP contribution in [-0.4, -0.2) is 162 Å². The molecule has 0 radical (unpaired) electrons. The van der Waals surface area contributed by atoms with Crippen LogP contribution in [0.2, 0.25) is 30.3 Å². The number of nitrogens with two attached hydrogens (primary N) is 1. The lowest BCUT2D eigenvalue weighted by atomic mass is 10.1. The second kappa shape index (κ2) is 44.1. The summed E-state index contributed by atoms with van der Waals surface area (Å²) < 4.78 is 55.9. The maximum absolute atomic E-state index is 11.7. The van der Waals surface area contributed by atoms with Gasteiger partial charge in [-0.15, -0.1) is 12.4 Å². The third-order valence-corrected chi connectivity index (χ3v) is 18.4. The number of Topliss-reactive ketones (excluding diaryl/α,β-unsaturated/α-hetero) is 1. The van der Waals surface area contributed by atoms with Crippen molar-refractivity contribution >= 4 is 253 Å². The molecule has 0 saturated carbocycles. The van der Waals surface area contributed by atoms with E-state index in [0.717, 1.165) is 88.9 Å². The summed E-state index contributed by atoms with van der Waals surface area (Å²) in [5.41, 5.74) is 11.9. The Morgan fingerprint density at radius 1 is 0.543 bits per heavy atom. The molecule has 116 heavy (non-hydrogen) atoms. The fourth-order valence-electron chi connectivity index (χ4n) is 10.9. The highest BCUT2D eigenvalue weighted by Gasteiger charge is 2.23. The highest BCUT2D eigenvalue weighted by molar-refractivity contribution is 8.24. The van der Waals surface area contributed by atoms with Gasteiger partial charge in [-0.25, -0.2) is 24.9 Å². The van der Waals surface area contributed by atoms with Crippen LogP contribution in [0.15, 0.2) is 148 Å². The van der Waals surface area contributed by atoms with E-state index >= 15 is 0 Å². The summed E-state index contributed by atoms with van der Waals surface area (Å²) in [5.74, 6) is 1.99. The van der Waals surface area contributed by atoms with Gasteiger partial charge in [-0.2, -0.15) is 8.42 Å². The van der Waals surface area contributed by atoms with Gasteiger partial charge in [-0.3, -0.25) is 33.1 Å². The number of carbonyl (C=O) groups is 2. The van der Waals surface area contributed by atoms with E-state index in [2.05, 4.69) is 114 Å². The van der Waals surface area contributed by atoms with Gasteiger partial charge in [-0.05, 0) is 183 Å². The van der Waals surface area contributed by atoms with Crippen molar-refractivity contribution in [1.82, 2.24) is 55.0 Å². The summed E-state index contributed by atoms with van der Waals surface area (Å²) in [5, 5.41) is 33.4. The normalized spacial score (nSPS) is 12.7. The number of carbonyl (C=O) groups excluding carboxylic acids is 2. The lowest BCUT2D eigenvalue weighted by Crippen LogP contribution is -2.44. The van der Waals surface area contributed by atoms with E-state index in [4.69, 9.17) is 103 Å². The Hall–Kier alpha value is -8.11. The van der Waals surface area contributed by atoms with Crippen LogP contribution >= 0.6 is 133 Å². The number of ketones is 1. The Labute approximate surface area is 718 Å². The number of oxazole rings is 3. The number of halogens is 11. The topological polar surface area (TPSA) is 416 Å². The number of aryl methyl sites for hydroxylation is 4. The quantitative estimate of drug-likeness (QED) is 0.0342. The molecule has 0 aliphatic carbocycles. The van der Waals surface area contributed by atoms with Crippen molar-refractivity contribution in [3.8, 4) is 11.5 Å². The van der Waals surface area contributed by atoms with Crippen LogP contribution < -0.4 is 32.6 Å². The van der Waals surface area contributed by atoms with Gasteiger partial charge >= 0.3 is 5.20 Å². The number of benzene rings is 6. The molecule has 0 unspecified atom stereocenters. The molecule has 6 aromatic carbocycles. The molecule has 10 N–H and O–H groups in total. The van der Waals surface area contributed by atoms with Crippen molar-refractivity contribution in [2.75, 3.05) is 83.7 Å². The number of aromatic nitrogens is 8. The molecule has 2 saturated heterocycles. The summed E-state index contributed by atoms with van der Waals surface area (Å²) in [6.07, 6.45) is -0.0936. The smallest absolute Gasteiger partial charge is 0.339 e. The number of likely N-dealkylation sites (N-methyl/N-ethyl adjacent to an activating group) is 2. The van der Waals surface area contributed by atoms with Crippen molar-refractivity contribution in [2.45, 2.75) is 59.8 Å². The minimum atomic E-state index is -4.02. The Balaban J connectivity index is 0.000000208. The van der Waals surface area contributed by atoms with Gasteiger partial charge in [0.15, 0.2) is 62.2 Å². The Morgan fingerprint density at radius 3 is 1.36 bits per heavy atom.